The number of carbonyl (C=O) groups excluding carboxylic acids is 2. The molecule has 2 aliphatic heterocycles. The molecule has 2 saturated heterocycles. The third-order valence-electron chi connectivity index (χ3n) is 4.43. The van der Waals surface area contributed by atoms with Gasteiger partial charge in [-0.2, -0.15) is 0 Å². The third kappa shape index (κ3) is 2.77. The van der Waals surface area contributed by atoms with Crippen molar-refractivity contribution in [2.45, 2.75) is 19.4 Å². The maximum Gasteiger partial charge on any atom is 0.239 e. The average Bonchev–Trinajstić information content (AvgIpc) is 2.89. The Labute approximate surface area is 138 Å². The van der Waals surface area contributed by atoms with E-state index in [0.29, 0.717) is 19.5 Å². The van der Waals surface area contributed by atoms with E-state index in [9.17, 15) is 9.59 Å². The van der Waals surface area contributed by atoms with Crippen LogP contribution in [0.25, 0.3) is 0 Å². The highest BCUT2D eigenvalue weighted by molar-refractivity contribution is 9.10. The number of amides is 2. The molecule has 1 N–H and O–H groups in total. The van der Waals surface area contributed by atoms with Gasteiger partial charge in [-0.3, -0.25) is 9.59 Å². The second-order valence-electron chi connectivity index (χ2n) is 5.87. The lowest BCUT2D eigenvalue weighted by Gasteiger charge is -2.35. The van der Waals surface area contributed by atoms with Gasteiger partial charge >= 0.3 is 0 Å². The van der Waals surface area contributed by atoms with E-state index >= 15 is 0 Å². The summed E-state index contributed by atoms with van der Waals surface area (Å²) in [7, 11) is 0. The highest BCUT2D eigenvalue weighted by atomic mass is 79.9. The number of anilines is 1. The van der Waals surface area contributed by atoms with Gasteiger partial charge in [-0.1, -0.05) is 12.1 Å². The number of para-hydroxylation sites is 1. The number of hydrogen-bond donors (Lipinski definition) is 1. The molecule has 0 spiro atoms. The van der Waals surface area contributed by atoms with Crippen molar-refractivity contribution >= 4 is 33.4 Å². The van der Waals surface area contributed by atoms with Crippen LogP contribution < -0.4 is 10.2 Å². The number of carbonyl (C=O) groups is 2. The van der Waals surface area contributed by atoms with Crippen molar-refractivity contribution in [1.82, 2.24) is 10.2 Å². The zero-order chi connectivity index (χ0) is 15.7. The molecule has 118 valence electrons. The lowest BCUT2D eigenvalue weighted by molar-refractivity contribution is -0.142. The molecule has 0 saturated carbocycles. The van der Waals surface area contributed by atoms with Gasteiger partial charge in [-0.05, 0) is 41.4 Å². The molecule has 0 aliphatic carbocycles. The zero-order valence-corrected chi connectivity index (χ0v) is 14.2. The van der Waals surface area contributed by atoms with Gasteiger partial charge in [-0.15, -0.1) is 0 Å². The Balaban J connectivity index is 1.76. The summed E-state index contributed by atoms with van der Waals surface area (Å²) in [4.78, 5) is 29.0. The lowest BCUT2D eigenvalue weighted by Crippen LogP contribution is -2.54. The molecule has 2 heterocycles. The Hall–Kier alpha value is -1.40. The average molecular weight is 366 g/mol. The summed E-state index contributed by atoms with van der Waals surface area (Å²) >= 11 is 3.48. The second kappa shape index (κ2) is 6.38. The van der Waals surface area contributed by atoms with Gasteiger partial charge in [0.25, 0.3) is 0 Å². The molecule has 2 atom stereocenters. The predicted molar refractivity (Wildman–Crippen MR) is 88.6 cm³/mol. The minimum absolute atomic E-state index is 0.0199. The first-order valence-electron chi connectivity index (χ1n) is 7.66. The highest BCUT2D eigenvalue weighted by Crippen LogP contribution is 2.32. The van der Waals surface area contributed by atoms with Crippen LogP contribution >= 0.6 is 15.9 Å². The van der Waals surface area contributed by atoms with Crippen molar-refractivity contribution in [2.75, 3.05) is 31.1 Å². The van der Waals surface area contributed by atoms with Crippen molar-refractivity contribution < 1.29 is 9.59 Å². The summed E-state index contributed by atoms with van der Waals surface area (Å²) in [5, 5.41) is 3.27. The summed E-state index contributed by atoms with van der Waals surface area (Å²) in [6.07, 6.45) is 0.593. The minimum atomic E-state index is -0.535. The molecule has 2 amide bonds. The Morgan fingerprint density at radius 1 is 1.32 bits per heavy atom. The fourth-order valence-corrected chi connectivity index (χ4v) is 3.69. The molecule has 1 aromatic carbocycles. The number of hydrogen-bond acceptors (Lipinski definition) is 3. The van der Waals surface area contributed by atoms with Crippen LogP contribution in [0.4, 0.5) is 5.69 Å². The van der Waals surface area contributed by atoms with Crippen molar-refractivity contribution in [2.24, 2.45) is 5.92 Å². The number of piperazine rings is 1. The van der Waals surface area contributed by atoms with Crippen LogP contribution in [0.5, 0.6) is 0 Å². The van der Waals surface area contributed by atoms with Crippen LogP contribution in [-0.2, 0) is 9.59 Å². The lowest BCUT2D eigenvalue weighted by atomic mass is 10.0. The fourth-order valence-electron chi connectivity index (χ4n) is 3.19. The molecule has 0 radical (unpaired) electrons. The van der Waals surface area contributed by atoms with Gasteiger partial charge in [0.1, 0.15) is 5.92 Å². The van der Waals surface area contributed by atoms with E-state index in [4.69, 9.17) is 0 Å². The number of halogens is 1. The van der Waals surface area contributed by atoms with E-state index in [1.807, 2.05) is 36.1 Å². The van der Waals surface area contributed by atoms with Crippen molar-refractivity contribution in [3.63, 3.8) is 0 Å². The van der Waals surface area contributed by atoms with Crippen molar-refractivity contribution in [3.05, 3.63) is 28.7 Å². The van der Waals surface area contributed by atoms with Crippen molar-refractivity contribution in [1.29, 1.82) is 0 Å². The first kappa shape index (κ1) is 15.5. The summed E-state index contributed by atoms with van der Waals surface area (Å²) in [5.41, 5.74) is 0.844. The van der Waals surface area contributed by atoms with Gasteiger partial charge in [0.2, 0.25) is 11.8 Å². The zero-order valence-electron chi connectivity index (χ0n) is 12.6. The predicted octanol–water partition coefficient (Wildman–Crippen LogP) is 1.62. The van der Waals surface area contributed by atoms with Gasteiger partial charge in [0.15, 0.2) is 0 Å². The van der Waals surface area contributed by atoms with Crippen molar-refractivity contribution in [3.8, 4) is 0 Å². The molecule has 2 aliphatic rings. The Bertz CT molecular complexity index is 593. The standard InChI is InChI=1S/C16H20BrN3O2/c1-11-10-18-7-9-19(11)15(21)12-6-8-20(16(12)22)14-5-3-2-4-13(14)17/h2-5,11-12,18H,6-10H2,1H3/t11-,12+/m0/s1. The number of nitrogens with zero attached hydrogens (tertiary/aromatic N) is 2. The van der Waals surface area contributed by atoms with E-state index in [2.05, 4.69) is 21.2 Å². The molecule has 1 aromatic rings. The first-order chi connectivity index (χ1) is 10.6. The van der Waals surface area contributed by atoms with Gasteiger partial charge in [0, 0.05) is 36.7 Å². The second-order valence-corrected chi connectivity index (χ2v) is 6.72. The van der Waals surface area contributed by atoms with Crippen LogP contribution in [0, 0.1) is 5.92 Å². The number of rotatable bonds is 2. The Morgan fingerprint density at radius 3 is 2.82 bits per heavy atom. The Morgan fingerprint density at radius 2 is 2.09 bits per heavy atom. The van der Waals surface area contributed by atoms with Crippen LogP contribution in [-0.4, -0.2) is 48.9 Å². The fraction of sp³-hybridized carbons (Fsp3) is 0.500. The van der Waals surface area contributed by atoms with E-state index in [0.717, 1.165) is 23.2 Å². The summed E-state index contributed by atoms with van der Waals surface area (Å²) in [6.45, 7) is 4.89. The monoisotopic (exact) mass is 365 g/mol. The maximum absolute atomic E-state index is 12.7. The smallest absolute Gasteiger partial charge is 0.239 e. The summed E-state index contributed by atoms with van der Waals surface area (Å²) in [6, 6.07) is 7.78. The van der Waals surface area contributed by atoms with E-state index < -0.39 is 5.92 Å². The van der Waals surface area contributed by atoms with Crippen LogP contribution in [0.3, 0.4) is 0 Å². The maximum atomic E-state index is 12.7. The number of nitrogens with one attached hydrogen (secondary N) is 1. The third-order valence-corrected chi connectivity index (χ3v) is 5.10. The summed E-state index contributed by atoms with van der Waals surface area (Å²) in [5.74, 6) is -0.635. The molecular weight excluding hydrogens is 346 g/mol. The van der Waals surface area contributed by atoms with E-state index in [1.165, 1.54) is 0 Å². The molecule has 2 fully saturated rings. The normalized spacial score (nSPS) is 25.6. The van der Waals surface area contributed by atoms with Crippen LogP contribution in [0.2, 0.25) is 0 Å². The molecule has 0 bridgehead atoms. The van der Waals surface area contributed by atoms with E-state index in [-0.39, 0.29) is 17.9 Å². The summed E-state index contributed by atoms with van der Waals surface area (Å²) < 4.78 is 0.881. The minimum Gasteiger partial charge on any atom is -0.337 e. The van der Waals surface area contributed by atoms with Gasteiger partial charge in [-0.25, -0.2) is 0 Å². The van der Waals surface area contributed by atoms with Gasteiger partial charge < -0.3 is 15.1 Å². The first-order valence-corrected chi connectivity index (χ1v) is 8.46. The van der Waals surface area contributed by atoms with Crippen LogP contribution in [0.15, 0.2) is 28.7 Å². The SMILES string of the molecule is C[C@H]1CNCCN1C(=O)[C@H]1CCN(c2ccccc2Br)C1=O. The van der Waals surface area contributed by atoms with Crippen LogP contribution in [0.1, 0.15) is 13.3 Å². The Kier molecular flexibility index (Phi) is 4.49. The molecule has 22 heavy (non-hydrogen) atoms. The molecule has 3 rings (SSSR count). The van der Waals surface area contributed by atoms with Gasteiger partial charge in [0.05, 0.1) is 5.69 Å². The largest absolute Gasteiger partial charge is 0.337 e. The molecular formula is C16H20BrN3O2. The number of benzene rings is 1. The molecule has 6 heteroatoms. The molecule has 0 aromatic heterocycles. The highest BCUT2D eigenvalue weighted by Gasteiger charge is 2.41. The topological polar surface area (TPSA) is 52.7 Å². The van der Waals surface area contributed by atoms with E-state index in [1.54, 1.807) is 4.90 Å². The molecule has 0 unspecified atom stereocenters. The quantitative estimate of drug-likeness (QED) is 0.810. The molecule has 5 nitrogen and oxygen atoms in total.